The second-order valence-corrected chi connectivity index (χ2v) is 4.96. The maximum Gasteiger partial charge on any atom is 0.124 e. The lowest BCUT2D eigenvalue weighted by atomic mass is 10.1. The van der Waals surface area contributed by atoms with E-state index in [1.54, 1.807) is 10.7 Å². The van der Waals surface area contributed by atoms with Crippen molar-refractivity contribution in [1.29, 1.82) is 0 Å². The highest BCUT2D eigenvalue weighted by molar-refractivity contribution is 6.31. The van der Waals surface area contributed by atoms with Gasteiger partial charge < -0.3 is 5.11 Å². The summed E-state index contributed by atoms with van der Waals surface area (Å²) < 4.78 is 14.6. The molecule has 1 atom stereocenters. The lowest BCUT2D eigenvalue weighted by molar-refractivity contribution is 0.167. The third-order valence-corrected chi connectivity index (χ3v) is 3.52. The fourth-order valence-electron chi connectivity index (χ4n) is 1.95. The summed E-state index contributed by atoms with van der Waals surface area (Å²) in [7, 11) is 0. The van der Waals surface area contributed by atoms with Gasteiger partial charge in [-0.05, 0) is 24.6 Å². The van der Waals surface area contributed by atoms with Crippen molar-refractivity contribution in [3.63, 3.8) is 0 Å². The van der Waals surface area contributed by atoms with Crippen molar-refractivity contribution in [2.75, 3.05) is 0 Å². The van der Waals surface area contributed by atoms with Crippen LogP contribution in [0.2, 0.25) is 10.0 Å². The molecule has 0 saturated carbocycles. The van der Waals surface area contributed by atoms with E-state index in [0.717, 1.165) is 0 Å². The summed E-state index contributed by atoms with van der Waals surface area (Å²) >= 11 is 12.0. The summed E-state index contributed by atoms with van der Waals surface area (Å²) in [6.45, 7) is 2.51. The van der Waals surface area contributed by atoms with Crippen molar-refractivity contribution in [2.45, 2.75) is 26.0 Å². The Morgan fingerprint density at radius 2 is 2.11 bits per heavy atom. The Balaban J connectivity index is 2.25. The number of benzene rings is 1. The van der Waals surface area contributed by atoms with Gasteiger partial charge in [0.2, 0.25) is 0 Å². The fraction of sp³-hybridized carbons (Fsp3) is 0.308. The monoisotopic (exact) mass is 302 g/mol. The maximum absolute atomic E-state index is 13.0. The molecule has 6 heteroatoms. The number of aromatic nitrogens is 2. The average Bonchev–Trinajstić information content (AvgIpc) is 2.74. The predicted molar refractivity (Wildman–Crippen MR) is 73.0 cm³/mol. The molecular weight excluding hydrogens is 290 g/mol. The molecule has 102 valence electrons. The minimum atomic E-state index is -0.835. The van der Waals surface area contributed by atoms with E-state index in [1.165, 1.54) is 18.3 Å². The van der Waals surface area contributed by atoms with Crippen molar-refractivity contribution >= 4 is 23.2 Å². The third-order valence-electron chi connectivity index (χ3n) is 2.88. The maximum atomic E-state index is 13.0. The molecule has 19 heavy (non-hydrogen) atoms. The summed E-state index contributed by atoms with van der Waals surface area (Å²) in [4.78, 5) is 0. The van der Waals surface area contributed by atoms with Crippen LogP contribution in [0.1, 0.15) is 24.3 Å². The fourth-order valence-corrected chi connectivity index (χ4v) is 2.46. The van der Waals surface area contributed by atoms with E-state index in [2.05, 4.69) is 5.10 Å². The van der Waals surface area contributed by atoms with E-state index < -0.39 is 11.9 Å². The summed E-state index contributed by atoms with van der Waals surface area (Å²) in [6, 6.07) is 4.09. The van der Waals surface area contributed by atoms with Gasteiger partial charge in [0.05, 0.1) is 16.9 Å². The third kappa shape index (κ3) is 3.08. The van der Waals surface area contributed by atoms with E-state index in [1.807, 2.05) is 6.92 Å². The van der Waals surface area contributed by atoms with Gasteiger partial charge in [-0.1, -0.05) is 29.3 Å². The number of aliphatic hydroxyl groups is 1. The molecule has 1 heterocycles. The van der Waals surface area contributed by atoms with Crippen LogP contribution in [0.25, 0.3) is 0 Å². The van der Waals surface area contributed by atoms with Crippen LogP contribution in [0.5, 0.6) is 0 Å². The normalized spacial score (nSPS) is 12.7. The zero-order chi connectivity index (χ0) is 14.0. The van der Waals surface area contributed by atoms with E-state index >= 15 is 0 Å². The molecule has 1 aromatic carbocycles. The summed E-state index contributed by atoms with van der Waals surface area (Å²) in [5.74, 6) is -0.403. The highest BCUT2D eigenvalue weighted by Crippen LogP contribution is 2.28. The molecule has 0 amide bonds. The summed E-state index contributed by atoms with van der Waals surface area (Å²) in [5, 5.41) is 15.0. The molecule has 0 aliphatic carbocycles. The highest BCUT2D eigenvalue weighted by atomic mass is 35.5. The molecule has 0 spiro atoms. The van der Waals surface area contributed by atoms with Gasteiger partial charge in [-0.25, -0.2) is 4.39 Å². The summed E-state index contributed by atoms with van der Waals surface area (Å²) in [5.41, 5.74) is 1.21. The zero-order valence-corrected chi connectivity index (χ0v) is 11.8. The number of nitrogens with zero attached hydrogens (tertiary/aromatic N) is 2. The summed E-state index contributed by atoms with van der Waals surface area (Å²) in [6.07, 6.45) is 0.915. The van der Waals surface area contributed by atoms with E-state index in [9.17, 15) is 9.50 Å². The second-order valence-electron chi connectivity index (χ2n) is 4.15. The number of aliphatic hydroxyl groups excluding tert-OH is 1. The van der Waals surface area contributed by atoms with Crippen LogP contribution in [-0.2, 0) is 13.0 Å². The van der Waals surface area contributed by atoms with Crippen LogP contribution in [0.4, 0.5) is 4.39 Å². The molecule has 1 N–H and O–H groups in total. The molecule has 1 aromatic heterocycles. The minimum absolute atomic E-state index is 0.254. The Labute approximate surface area is 120 Å². The van der Waals surface area contributed by atoms with Gasteiger partial charge in [0.25, 0.3) is 0 Å². The molecule has 0 fully saturated rings. The molecule has 0 radical (unpaired) electrons. The number of hydrogen-bond donors (Lipinski definition) is 1. The first-order valence-corrected chi connectivity index (χ1v) is 6.61. The number of rotatable bonds is 4. The first kappa shape index (κ1) is 14.3. The number of hydrogen-bond acceptors (Lipinski definition) is 2. The van der Waals surface area contributed by atoms with Crippen molar-refractivity contribution < 1.29 is 9.50 Å². The van der Waals surface area contributed by atoms with Gasteiger partial charge in [0.15, 0.2) is 0 Å². The Morgan fingerprint density at radius 1 is 1.37 bits per heavy atom. The van der Waals surface area contributed by atoms with E-state index in [-0.39, 0.29) is 11.4 Å². The van der Waals surface area contributed by atoms with Crippen molar-refractivity contribution in [2.24, 2.45) is 0 Å². The lowest BCUT2D eigenvalue weighted by Crippen LogP contribution is -2.11. The molecule has 0 saturated heterocycles. The van der Waals surface area contributed by atoms with Gasteiger partial charge in [0, 0.05) is 18.0 Å². The molecule has 3 nitrogen and oxygen atoms in total. The van der Waals surface area contributed by atoms with Crippen molar-refractivity contribution in [3.8, 4) is 0 Å². The van der Waals surface area contributed by atoms with E-state index in [4.69, 9.17) is 23.2 Å². The molecule has 0 bridgehead atoms. The second kappa shape index (κ2) is 5.90. The predicted octanol–water partition coefficient (Wildman–Crippen LogP) is 3.63. The smallest absolute Gasteiger partial charge is 0.124 e. The standard InChI is InChI=1S/C13H13Cl2FN2O/c1-2-18-13(11(15)7-17-18)12(19)5-8-3-4-9(16)6-10(8)14/h3-4,6-7,12,19H,2,5H2,1H3. The molecule has 0 aliphatic rings. The average molecular weight is 303 g/mol. The molecular formula is C13H13Cl2FN2O. The van der Waals surface area contributed by atoms with Crippen LogP contribution in [0, 0.1) is 5.82 Å². The van der Waals surface area contributed by atoms with Crippen LogP contribution in [0.3, 0.4) is 0 Å². The first-order chi connectivity index (χ1) is 9.02. The van der Waals surface area contributed by atoms with Crippen LogP contribution < -0.4 is 0 Å². The van der Waals surface area contributed by atoms with Gasteiger partial charge >= 0.3 is 0 Å². The molecule has 0 aliphatic heterocycles. The Bertz CT molecular complexity index is 586. The quantitative estimate of drug-likeness (QED) is 0.936. The Morgan fingerprint density at radius 3 is 2.74 bits per heavy atom. The van der Waals surface area contributed by atoms with Crippen LogP contribution in [-0.4, -0.2) is 14.9 Å². The molecule has 1 unspecified atom stereocenters. The van der Waals surface area contributed by atoms with Gasteiger partial charge in [-0.15, -0.1) is 0 Å². The molecule has 2 rings (SSSR count). The lowest BCUT2D eigenvalue weighted by Gasteiger charge is -2.14. The van der Waals surface area contributed by atoms with Crippen molar-refractivity contribution in [1.82, 2.24) is 9.78 Å². The van der Waals surface area contributed by atoms with E-state index in [0.29, 0.717) is 22.8 Å². The van der Waals surface area contributed by atoms with Crippen LogP contribution in [0.15, 0.2) is 24.4 Å². The Hall–Kier alpha value is -1.10. The highest BCUT2D eigenvalue weighted by Gasteiger charge is 2.19. The Kier molecular flexibility index (Phi) is 4.45. The minimum Gasteiger partial charge on any atom is -0.386 e. The van der Waals surface area contributed by atoms with Gasteiger partial charge in [-0.2, -0.15) is 5.10 Å². The van der Waals surface area contributed by atoms with Crippen LogP contribution >= 0.6 is 23.2 Å². The molecule has 2 aromatic rings. The first-order valence-electron chi connectivity index (χ1n) is 5.86. The topological polar surface area (TPSA) is 38.0 Å². The zero-order valence-electron chi connectivity index (χ0n) is 10.3. The van der Waals surface area contributed by atoms with Gasteiger partial charge in [-0.3, -0.25) is 4.68 Å². The van der Waals surface area contributed by atoms with Gasteiger partial charge in [0.1, 0.15) is 11.9 Å². The number of aryl methyl sites for hydroxylation is 1. The van der Waals surface area contributed by atoms with Crippen molar-refractivity contribution in [3.05, 3.63) is 51.5 Å². The number of halogens is 3. The SMILES string of the molecule is CCn1ncc(Cl)c1C(O)Cc1ccc(F)cc1Cl. The largest absolute Gasteiger partial charge is 0.386 e.